The Morgan fingerprint density at radius 2 is 1.69 bits per heavy atom. The van der Waals surface area contributed by atoms with Crippen molar-refractivity contribution in [3.63, 3.8) is 0 Å². The summed E-state index contributed by atoms with van der Waals surface area (Å²) in [4.78, 5) is 28.1. The van der Waals surface area contributed by atoms with E-state index in [0.717, 1.165) is 41.8 Å². The first-order chi connectivity index (χ1) is 17.2. The summed E-state index contributed by atoms with van der Waals surface area (Å²) in [6.07, 6.45) is 5.67. The van der Waals surface area contributed by atoms with E-state index in [1.165, 1.54) is 4.90 Å². The van der Waals surface area contributed by atoms with Gasteiger partial charge in [0.05, 0.1) is 18.6 Å². The van der Waals surface area contributed by atoms with Crippen LogP contribution in [0.1, 0.15) is 45.1 Å². The standard InChI is InChI=1S/C27H37N3O5S/c1-4-35-25-16-14-24(15-17-25)30(36(3,33)34)20-26(31)29(19-18-22-10-6-5-7-11-22)21(2)27(32)28-23-12-8-9-13-23/h5-7,10-11,14-17,21,23H,4,8-9,12-13,18-20H2,1-3H3,(H,28,32). The average Bonchev–Trinajstić information content (AvgIpc) is 3.36. The second kappa shape index (κ2) is 12.8. The van der Waals surface area contributed by atoms with Gasteiger partial charge in [-0.3, -0.25) is 13.9 Å². The second-order valence-electron chi connectivity index (χ2n) is 9.19. The van der Waals surface area contributed by atoms with Crippen molar-refractivity contribution in [3.05, 3.63) is 60.2 Å². The highest BCUT2D eigenvalue weighted by atomic mass is 32.2. The van der Waals surface area contributed by atoms with Crippen LogP contribution in [0.25, 0.3) is 0 Å². The fourth-order valence-electron chi connectivity index (χ4n) is 4.45. The molecule has 1 aliphatic carbocycles. The average molecular weight is 516 g/mol. The van der Waals surface area contributed by atoms with E-state index in [9.17, 15) is 18.0 Å². The molecule has 2 amide bonds. The number of rotatable bonds is 12. The lowest BCUT2D eigenvalue weighted by molar-refractivity contribution is -0.139. The monoisotopic (exact) mass is 515 g/mol. The molecular weight excluding hydrogens is 478 g/mol. The van der Waals surface area contributed by atoms with Crippen LogP contribution in [-0.4, -0.2) is 63.2 Å². The molecule has 1 N–H and O–H groups in total. The van der Waals surface area contributed by atoms with Crippen molar-refractivity contribution in [2.75, 3.05) is 30.3 Å². The third-order valence-corrected chi connectivity index (χ3v) is 7.61. The van der Waals surface area contributed by atoms with Crippen molar-refractivity contribution in [2.24, 2.45) is 0 Å². The van der Waals surface area contributed by atoms with Gasteiger partial charge in [-0.15, -0.1) is 0 Å². The van der Waals surface area contributed by atoms with Gasteiger partial charge in [0.25, 0.3) is 0 Å². The summed E-state index contributed by atoms with van der Waals surface area (Å²) in [5.74, 6) is -0.0303. The minimum absolute atomic E-state index is 0.127. The predicted molar refractivity (Wildman–Crippen MR) is 142 cm³/mol. The molecule has 9 heteroatoms. The van der Waals surface area contributed by atoms with Crippen molar-refractivity contribution in [2.45, 2.75) is 58.0 Å². The zero-order valence-corrected chi connectivity index (χ0v) is 22.2. The molecule has 36 heavy (non-hydrogen) atoms. The Bertz CT molecular complexity index is 1100. The molecule has 1 aliphatic rings. The van der Waals surface area contributed by atoms with Gasteiger partial charge in [-0.05, 0) is 62.9 Å². The summed E-state index contributed by atoms with van der Waals surface area (Å²) in [6, 6.07) is 15.7. The molecule has 3 rings (SSSR count). The van der Waals surface area contributed by atoms with Crippen LogP contribution in [0.2, 0.25) is 0 Å². The zero-order chi connectivity index (χ0) is 26.1. The first-order valence-electron chi connectivity index (χ1n) is 12.5. The highest BCUT2D eigenvalue weighted by molar-refractivity contribution is 7.92. The summed E-state index contributed by atoms with van der Waals surface area (Å²) in [5, 5.41) is 3.07. The SMILES string of the molecule is CCOc1ccc(N(CC(=O)N(CCc2ccccc2)C(C)C(=O)NC2CCCC2)S(C)(=O)=O)cc1. The maximum absolute atomic E-state index is 13.6. The smallest absolute Gasteiger partial charge is 0.244 e. The van der Waals surface area contributed by atoms with E-state index in [2.05, 4.69) is 5.32 Å². The summed E-state index contributed by atoms with van der Waals surface area (Å²) in [5.41, 5.74) is 1.39. The zero-order valence-electron chi connectivity index (χ0n) is 21.4. The number of carbonyl (C=O) groups excluding carboxylic acids is 2. The van der Waals surface area contributed by atoms with Crippen molar-refractivity contribution in [1.82, 2.24) is 10.2 Å². The Morgan fingerprint density at radius 1 is 1.06 bits per heavy atom. The van der Waals surface area contributed by atoms with E-state index in [1.54, 1.807) is 31.2 Å². The minimum atomic E-state index is -3.76. The van der Waals surface area contributed by atoms with Gasteiger partial charge in [0.2, 0.25) is 21.8 Å². The molecule has 1 atom stereocenters. The summed E-state index contributed by atoms with van der Waals surface area (Å²) >= 11 is 0. The van der Waals surface area contributed by atoms with Crippen LogP contribution in [0, 0.1) is 0 Å². The second-order valence-corrected chi connectivity index (χ2v) is 11.1. The Balaban J connectivity index is 1.80. The number of hydrogen-bond acceptors (Lipinski definition) is 5. The Kier molecular flexibility index (Phi) is 9.75. The first kappa shape index (κ1) is 27.5. The molecule has 0 bridgehead atoms. The quantitative estimate of drug-likeness (QED) is 0.468. The number of benzene rings is 2. The van der Waals surface area contributed by atoms with E-state index in [4.69, 9.17) is 4.74 Å². The summed E-state index contributed by atoms with van der Waals surface area (Å²) < 4.78 is 31.8. The number of anilines is 1. The van der Waals surface area contributed by atoms with Gasteiger partial charge < -0.3 is 15.0 Å². The minimum Gasteiger partial charge on any atom is -0.494 e. The van der Waals surface area contributed by atoms with Gasteiger partial charge >= 0.3 is 0 Å². The molecule has 2 aromatic rings. The normalized spacial score (nSPS) is 14.8. The van der Waals surface area contributed by atoms with E-state index >= 15 is 0 Å². The van der Waals surface area contributed by atoms with Gasteiger partial charge in [-0.1, -0.05) is 43.2 Å². The van der Waals surface area contributed by atoms with Gasteiger partial charge in [-0.2, -0.15) is 0 Å². The molecule has 0 spiro atoms. The van der Waals surface area contributed by atoms with Crippen molar-refractivity contribution in [3.8, 4) is 5.75 Å². The first-order valence-corrected chi connectivity index (χ1v) is 14.4. The van der Waals surface area contributed by atoms with Crippen LogP contribution in [-0.2, 0) is 26.0 Å². The lowest BCUT2D eigenvalue weighted by atomic mass is 10.1. The van der Waals surface area contributed by atoms with Crippen molar-refractivity contribution < 1.29 is 22.7 Å². The Labute approximate surface area is 214 Å². The molecule has 0 aliphatic heterocycles. The van der Waals surface area contributed by atoms with Gasteiger partial charge in [0, 0.05) is 12.6 Å². The number of amides is 2. The van der Waals surface area contributed by atoms with Crippen LogP contribution in [0.5, 0.6) is 5.75 Å². The summed E-state index contributed by atoms with van der Waals surface area (Å²) in [6.45, 7) is 3.95. The predicted octanol–water partition coefficient (Wildman–Crippen LogP) is 3.37. The highest BCUT2D eigenvalue weighted by Gasteiger charge is 2.31. The van der Waals surface area contributed by atoms with E-state index in [1.807, 2.05) is 37.3 Å². The van der Waals surface area contributed by atoms with Gasteiger partial charge in [0.1, 0.15) is 18.3 Å². The molecule has 1 saturated carbocycles. The lowest BCUT2D eigenvalue weighted by Gasteiger charge is -2.32. The van der Waals surface area contributed by atoms with E-state index in [-0.39, 0.29) is 11.9 Å². The maximum Gasteiger partial charge on any atom is 0.244 e. The number of nitrogens with zero attached hydrogens (tertiary/aromatic N) is 2. The van der Waals surface area contributed by atoms with Crippen LogP contribution in [0.15, 0.2) is 54.6 Å². The number of carbonyl (C=O) groups is 2. The van der Waals surface area contributed by atoms with Gasteiger partial charge in [-0.25, -0.2) is 8.42 Å². The molecule has 2 aromatic carbocycles. The Morgan fingerprint density at radius 3 is 2.28 bits per heavy atom. The molecule has 8 nitrogen and oxygen atoms in total. The fourth-order valence-corrected chi connectivity index (χ4v) is 5.30. The van der Waals surface area contributed by atoms with Crippen LogP contribution >= 0.6 is 0 Å². The molecule has 1 unspecified atom stereocenters. The number of hydrogen-bond donors (Lipinski definition) is 1. The van der Waals surface area contributed by atoms with Crippen LogP contribution in [0.3, 0.4) is 0 Å². The van der Waals surface area contributed by atoms with E-state index < -0.39 is 28.5 Å². The maximum atomic E-state index is 13.6. The molecule has 0 aromatic heterocycles. The third kappa shape index (κ3) is 7.71. The van der Waals surface area contributed by atoms with Crippen molar-refractivity contribution in [1.29, 1.82) is 0 Å². The third-order valence-electron chi connectivity index (χ3n) is 6.47. The number of nitrogens with one attached hydrogen (secondary N) is 1. The molecule has 196 valence electrons. The molecule has 0 saturated heterocycles. The highest BCUT2D eigenvalue weighted by Crippen LogP contribution is 2.23. The van der Waals surface area contributed by atoms with Crippen molar-refractivity contribution >= 4 is 27.5 Å². The number of sulfonamides is 1. The summed E-state index contributed by atoms with van der Waals surface area (Å²) in [7, 11) is -3.76. The van der Waals surface area contributed by atoms with E-state index in [0.29, 0.717) is 31.0 Å². The molecular formula is C27H37N3O5S. The molecule has 0 heterocycles. The largest absolute Gasteiger partial charge is 0.494 e. The van der Waals surface area contributed by atoms with Gasteiger partial charge in [0.15, 0.2) is 0 Å². The molecule has 0 radical (unpaired) electrons. The molecule has 1 fully saturated rings. The van der Waals surface area contributed by atoms with Crippen LogP contribution in [0.4, 0.5) is 5.69 Å². The van der Waals surface area contributed by atoms with Crippen LogP contribution < -0.4 is 14.4 Å². The fraction of sp³-hybridized carbons (Fsp3) is 0.481. The Hall–Kier alpha value is -3.07. The number of ether oxygens (including phenoxy) is 1. The topological polar surface area (TPSA) is 96.0 Å². The lowest BCUT2D eigenvalue weighted by Crippen LogP contribution is -2.53.